The maximum Gasteiger partial charge on any atom is 0.343 e. The molecule has 1 aromatic rings. The summed E-state index contributed by atoms with van der Waals surface area (Å²) >= 11 is 3.48. The summed E-state index contributed by atoms with van der Waals surface area (Å²) in [5, 5.41) is 0. The molecule has 2 N–H and O–H groups in total. The molecule has 0 heterocycles. The summed E-state index contributed by atoms with van der Waals surface area (Å²) in [4.78, 5) is 11.0. The van der Waals surface area contributed by atoms with Crippen LogP contribution in [0.15, 0.2) is 22.7 Å². The molecule has 0 radical (unpaired) electrons. The van der Waals surface area contributed by atoms with E-state index in [1.165, 1.54) is 7.11 Å². The van der Waals surface area contributed by atoms with E-state index in [1.54, 1.807) is 6.07 Å². The van der Waals surface area contributed by atoms with Crippen molar-refractivity contribution in [3.8, 4) is 5.75 Å². The zero-order valence-corrected chi connectivity index (χ0v) is 12.2. The van der Waals surface area contributed by atoms with E-state index in [4.69, 9.17) is 10.5 Å². The van der Waals surface area contributed by atoms with Gasteiger partial charge < -0.3 is 15.2 Å². The molecule has 1 unspecified atom stereocenters. The molecule has 1 aromatic carbocycles. The fourth-order valence-corrected chi connectivity index (χ4v) is 1.83. The first kappa shape index (κ1) is 15.0. The largest absolute Gasteiger partial charge is 0.482 e. The number of halogens is 1. The molecular weight excluding hydrogens is 298 g/mol. The Labute approximate surface area is 116 Å². The Morgan fingerprint density at radius 3 is 2.83 bits per heavy atom. The molecule has 0 fully saturated rings. The summed E-state index contributed by atoms with van der Waals surface area (Å²) in [6.07, 6.45) is 1.69. The van der Waals surface area contributed by atoms with Gasteiger partial charge in [0.05, 0.1) is 7.11 Å². The van der Waals surface area contributed by atoms with Gasteiger partial charge in [-0.1, -0.05) is 22.9 Å². The maximum absolute atomic E-state index is 11.0. The quantitative estimate of drug-likeness (QED) is 0.818. The molecule has 18 heavy (non-hydrogen) atoms. The molecule has 5 heteroatoms. The zero-order valence-electron chi connectivity index (χ0n) is 10.6. The number of rotatable bonds is 6. The monoisotopic (exact) mass is 315 g/mol. The average molecular weight is 316 g/mol. The third kappa shape index (κ3) is 4.66. The summed E-state index contributed by atoms with van der Waals surface area (Å²) in [6, 6.07) is 5.71. The van der Waals surface area contributed by atoms with Crippen molar-refractivity contribution in [1.29, 1.82) is 0 Å². The number of hydrogen-bond acceptors (Lipinski definition) is 4. The molecule has 0 amide bonds. The maximum atomic E-state index is 11.0. The van der Waals surface area contributed by atoms with Crippen LogP contribution in [0, 0.1) is 0 Å². The second kappa shape index (κ2) is 7.38. The van der Waals surface area contributed by atoms with E-state index in [-0.39, 0.29) is 12.6 Å². The number of esters is 1. The Morgan fingerprint density at radius 1 is 1.50 bits per heavy atom. The van der Waals surface area contributed by atoms with Crippen LogP contribution in [-0.2, 0) is 16.0 Å². The topological polar surface area (TPSA) is 61.5 Å². The van der Waals surface area contributed by atoms with Gasteiger partial charge in [0, 0.05) is 10.5 Å². The number of nitrogens with two attached hydrogens (primary N) is 1. The van der Waals surface area contributed by atoms with Crippen LogP contribution >= 0.6 is 15.9 Å². The summed E-state index contributed by atoms with van der Waals surface area (Å²) in [5.74, 6) is 0.242. The van der Waals surface area contributed by atoms with Crippen molar-refractivity contribution in [2.45, 2.75) is 25.8 Å². The van der Waals surface area contributed by atoms with E-state index in [1.807, 2.05) is 12.1 Å². The zero-order chi connectivity index (χ0) is 13.5. The van der Waals surface area contributed by atoms with E-state index in [9.17, 15) is 4.79 Å². The molecule has 1 rings (SSSR count). The molecule has 0 spiro atoms. The number of carbonyl (C=O) groups is 1. The van der Waals surface area contributed by atoms with Crippen molar-refractivity contribution in [2.75, 3.05) is 13.7 Å². The third-order valence-electron chi connectivity index (χ3n) is 2.61. The van der Waals surface area contributed by atoms with Gasteiger partial charge in [-0.3, -0.25) is 0 Å². The van der Waals surface area contributed by atoms with Gasteiger partial charge in [-0.15, -0.1) is 0 Å². The lowest BCUT2D eigenvalue weighted by Gasteiger charge is -2.12. The highest BCUT2D eigenvalue weighted by Gasteiger charge is 2.08. The number of benzene rings is 1. The minimum Gasteiger partial charge on any atom is -0.482 e. The molecule has 100 valence electrons. The fraction of sp³-hybridized carbons (Fsp3) is 0.462. The fourth-order valence-electron chi connectivity index (χ4n) is 1.43. The molecule has 0 aromatic heterocycles. The van der Waals surface area contributed by atoms with Gasteiger partial charge in [0.25, 0.3) is 0 Å². The number of methoxy groups -OCH3 is 1. The second-order valence-electron chi connectivity index (χ2n) is 3.99. The molecule has 4 nitrogen and oxygen atoms in total. The van der Waals surface area contributed by atoms with Crippen LogP contribution in [0.25, 0.3) is 0 Å². The first-order chi connectivity index (χ1) is 8.56. The van der Waals surface area contributed by atoms with Crippen molar-refractivity contribution in [2.24, 2.45) is 5.73 Å². The van der Waals surface area contributed by atoms with Crippen molar-refractivity contribution in [3.63, 3.8) is 0 Å². The summed E-state index contributed by atoms with van der Waals surface area (Å²) in [6.45, 7) is 1.97. The van der Waals surface area contributed by atoms with Crippen molar-refractivity contribution < 1.29 is 14.3 Å². The normalized spacial score (nSPS) is 12.0. The molecule has 0 aliphatic rings. The van der Waals surface area contributed by atoms with Gasteiger partial charge in [-0.2, -0.15) is 0 Å². The molecule has 0 aliphatic carbocycles. The van der Waals surface area contributed by atoms with Crippen LogP contribution in [0.1, 0.15) is 18.9 Å². The molecule has 0 aliphatic heterocycles. The number of carbonyl (C=O) groups excluding carboxylic acids is 1. The molecular formula is C13H18BrNO3. The average Bonchev–Trinajstić information content (AvgIpc) is 2.38. The van der Waals surface area contributed by atoms with Crippen LogP contribution in [0.4, 0.5) is 0 Å². The lowest BCUT2D eigenvalue weighted by atomic mass is 10.0. The molecule has 0 saturated carbocycles. The first-order valence-electron chi connectivity index (χ1n) is 5.80. The van der Waals surface area contributed by atoms with Crippen LogP contribution in [-0.4, -0.2) is 25.7 Å². The van der Waals surface area contributed by atoms with E-state index >= 15 is 0 Å². The Kier molecular flexibility index (Phi) is 6.15. The predicted molar refractivity (Wildman–Crippen MR) is 73.6 cm³/mol. The van der Waals surface area contributed by atoms with Crippen molar-refractivity contribution >= 4 is 21.9 Å². The molecule has 0 saturated heterocycles. The van der Waals surface area contributed by atoms with Crippen LogP contribution in [0.3, 0.4) is 0 Å². The highest BCUT2D eigenvalue weighted by Crippen LogP contribution is 2.24. The van der Waals surface area contributed by atoms with E-state index in [0.29, 0.717) is 5.75 Å². The Morgan fingerprint density at radius 2 is 2.22 bits per heavy atom. The van der Waals surface area contributed by atoms with Gasteiger partial charge in [-0.05, 0) is 36.6 Å². The van der Waals surface area contributed by atoms with Crippen LogP contribution in [0.2, 0.25) is 0 Å². The summed E-state index contributed by atoms with van der Waals surface area (Å²) in [7, 11) is 1.33. The van der Waals surface area contributed by atoms with E-state index in [2.05, 4.69) is 27.6 Å². The highest BCUT2D eigenvalue weighted by molar-refractivity contribution is 9.10. The van der Waals surface area contributed by atoms with Gasteiger partial charge in [0.15, 0.2) is 6.61 Å². The standard InChI is InChI=1S/C13H18BrNO3/c1-3-10(15)6-9-7-11(4-5-12(9)14)18-8-13(16)17-2/h4-5,7,10H,3,6,8,15H2,1-2H3. The lowest BCUT2D eigenvalue weighted by Crippen LogP contribution is -2.21. The van der Waals surface area contributed by atoms with Gasteiger partial charge in [0.1, 0.15) is 5.75 Å². The smallest absolute Gasteiger partial charge is 0.343 e. The number of ether oxygens (including phenoxy) is 2. The van der Waals surface area contributed by atoms with Crippen LogP contribution < -0.4 is 10.5 Å². The first-order valence-corrected chi connectivity index (χ1v) is 6.59. The third-order valence-corrected chi connectivity index (χ3v) is 3.38. The van der Waals surface area contributed by atoms with Gasteiger partial charge >= 0.3 is 5.97 Å². The SMILES string of the molecule is CCC(N)Cc1cc(OCC(=O)OC)ccc1Br. The lowest BCUT2D eigenvalue weighted by molar-refractivity contribution is -0.142. The molecule has 1 atom stereocenters. The van der Waals surface area contributed by atoms with Crippen LogP contribution in [0.5, 0.6) is 5.75 Å². The summed E-state index contributed by atoms with van der Waals surface area (Å²) in [5.41, 5.74) is 7.01. The highest BCUT2D eigenvalue weighted by atomic mass is 79.9. The van der Waals surface area contributed by atoms with Gasteiger partial charge in [-0.25, -0.2) is 4.79 Å². The minimum atomic E-state index is -0.398. The Bertz CT molecular complexity index is 409. The van der Waals surface area contributed by atoms with E-state index < -0.39 is 5.97 Å². The summed E-state index contributed by atoms with van der Waals surface area (Å²) < 4.78 is 10.8. The van der Waals surface area contributed by atoms with Crippen molar-refractivity contribution in [3.05, 3.63) is 28.2 Å². The molecule has 0 bridgehead atoms. The van der Waals surface area contributed by atoms with E-state index in [0.717, 1.165) is 22.9 Å². The Balaban J connectivity index is 2.71. The predicted octanol–water partition coefficient (Wildman–Crippen LogP) is 2.28. The van der Waals surface area contributed by atoms with Crippen molar-refractivity contribution in [1.82, 2.24) is 0 Å². The minimum absolute atomic E-state index is 0.0859. The number of hydrogen-bond donors (Lipinski definition) is 1. The second-order valence-corrected chi connectivity index (χ2v) is 4.84. The Hall–Kier alpha value is -1.07. The van der Waals surface area contributed by atoms with Gasteiger partial charge in [0.2, 0.25) is 0 Å².